The van der Waals surface area contributed by atoms with Gasteiger partial charge in [-0.25, -0.2) is 0 Å². The minimum Gasteiger partial charge on any atom is -0.455 e. The van der Waals surface area contributed by atoms with Gasteiger partial charge in [0.2, 0.25) is 5.78 Å². The normalized spacial score (nSPS) is 11.3. The number of ether oxygens (including phenoxy) is 1. The molecule has 2 nitrogen and oxygen atoms in total. The van der Waals surface area contributed by atoms with Crippen molar-refractivity contribution in [2.45, 2.75) is 40.5 Å². The van der Waals surface area contributed by atoms with E-state index >= 15 is 0 Å². The molecule has 3 aromatic carbocycles. The summed E-state index contributed by atoms with van der Waals surface area (Å²) in [6.07, 6.45) is 0. The summed E-state index contributed by atoms with van der Waals surface area (Å²) in [4.78, 5) is 14.3. The van der Waals surface area contributed by atoms with Gasteiger partial charge in [0.05, 0.1) is 0 Å². The van der Waals surface area contributed by atoms with Gasteiger partial charge >= 0.3 is 0 Å². The fourth-order valence-corrected chi connectivity index (χ4v) is 5.04. The van der Waals surface area contributed by atoms with Crippen LogP contribution >= 0.6 is 11.3 Å². The van der Waals surface area contributed by atoms with Crippen LogP contribution in [0.4, 0.5) is 0 Å². The molecule has 1 heterocycles. The summed E-state index contributed by atoms with van der Waals surface area (Å²) >= 11 is 1.50. The van der Waals surface area contributed by atoms with Gasteiger partial charge in [-0.2, -0.15) is 0 Å². The van der Waals surface area contributed by atoms with Crippen molar-refractivity contribution in [3.8, 4) is 11.5 Å². The smallest absolute Gasteiger partial charge is 0.207 e. The summed E-state index contributed by atoms with van der Waals surface area (Å²) in [5.41, 5.74) is 5.20. The van der Waals surface area contributed by atoms with Gasteiger partial charge in [0.25, 0.3) is 0 Å². The Balaban J connectivity index is 1.82. The molecule has 0 aliphatic rings. The van der Waals surface area contributed by atoms with E-state index in [0.29, 0.717) is 16.5 Å². The van der Waals surface area contributed by atoms with Crippen LogP contribution in [0.15, 0.2) is 60.7 Å². The second kappa shape index (κ2) is 8.08. The number of aryl methyl sites for hydroxylation is 3. The number of carbonyl (C=O) groups excluding carboxylic acids is 1. The van der Waals surface area contributed by atoms with Gasteiger partial charge in [0.15, 0.2) is 5.75 Å². The lowest BCUT2D eigenvalue weighted by molar-refractivity contribution is 0.103. The molecule has 0 fully saturated rings. The Kier molecular flexibility index (Phi) is 5.48. The number of benzene rings is 3. The van der Waals surface area contributed by atoms with Crippen molar-refractivity contribution in [2.75, 3.05) is 0 Å². The van der Waals surface area contributed by atoms with Crippen molar-refractivity contribution in [3.63, 3.8) is 0 Å². The number of fused-ring (bicyclic) bond motifs is 1. The van der Waals surface area contributed by atoms with E-state index in [2.05, 4.69) is 45.0 Å². The topological polar surface area (TPSA) is 26.3 Å². The fraction of sp³-hybridized carbons (Fsp3) is 0.222. The maximum atomic E-state index is 13.7. The third kappa shape index (κ3) is 3.78. The molecule has 0 bridgehead atoms. The lowest BCUT2D eigenvalue weighted by Crippen LogP contribution is -2.06. The second-order valence-electron chi connectivity index (χ2n) is 8.19. The van der Waals surface area contributed by atoms with Crippen LogP contribution in [0.5, 0.6) is 11.5 Å². The average Bonchev–Trinajstić information content (AvgIpc) is 3.06. The Morgan fingerprint density at radius 1 is 0.900 bits per heavy atom. The van der Waals surface area contributed by atoms with Gasteiger partial charge in [-0.1, -0.05) is 55.8 Å². The molecule has 152 valence electrons. The molecule has 4 rings (SSSR count). The lowest BCUT2D eigenvalue weighted by atomic mass is 9.95. The van der Waals surface area contributed by atoms with E-state index in [4.69, 9.17) is 4.74 Å². The standard InChI is InChI=1S/C27H26O2S/c1-16(2)20-10-12-21(13-11-20)29-26-22-8-6-7-9-23(22)30-27(26)25(28)24-18(4)14-17(3)15-19(24)5/h6-16H,1-5H3. The maximum absolute atomic E-state index is 13.7. The molecule has 0 spiro atoms. The molecule has 0 atom stereocenters. The van der Waals surface area contributed by atoms with E-state index < -0.39 is 0 Å². The number of hydrogen-bond donors (Lipinski definition) is 0. The molecule has 4 aromatic rings. The van der Waals surface area contributed by atoms with Crippen LogP contribution in [0, 0.1) is 20.8 Å². The monoisotopic (exact) mass is 414 g/mol. The first-order chi connectivity index (χ1) is 14.3. The Morgan fingerprint density at radius 2 is 1.53 bits per heavy atom. The number of carbonyl (C=O) groups is 1. The second-order valence-corrected chi connectivity index (χ2v) is 9.24. The third-order valence-corrected chi connectivity index (χ3v) is 6.58. The maximum Gasteiger partial charge on any atom is 0.207 e. The van der Waals surface area contributed by atoms with Crippen LogP contribution in [0.2, 0.25) is 0 Å². The highest BCUT2D eigenvalue weighted by Crippen LogP contribution is 2.42. The summed E-state index contributed by atoms with van der Waals surface area (Å²) < 4.78 is 7.39. The largest absolute Gasteiger partial charge is 0.455 e. The molecular weight excluding hydrogens is 388 g/mol. The van der Waals surface area contributed by atoms with E-state index in [1.54, 1.807) is 0 Å². The van der Waals surface area contributed by atoms with Gasteiger partial charge in [0.1, 0.15) is 10.6 Å². The molecule has 0 unspecified atom stereocenters. The highest BCUT2D eigenvalue weighted by atomic mass is 32.1. The number of ketones is 1. The summed E-state index contributed by atoms with van der Waals surface area (Å²) in [5.74, 6) is 1.89. The Hall–Kier alpha value is -2.91. The first kappa shape index (κ1) is 20.4. The first-order valence-corrected chi connectivity index (χ1v) is 11.1. The van der Waals surface area contributed by atoms with Crippen LogP contribution in [0.1, 0.15) is 57.3 Å². The van der Waals surface area contributed by atoms with Crippen molar-refractivity contribution < 1.29 is 9.53 Å². The summed E-state index contributed by atoms with van der Waals surface area (Å²) in [5, 5.41) is 0.973. The van der Waals surface area contributed by atoms with E-state index in [1.807, 2.05) is 50.2 Å². The molecule has 0 aliphatic carbocycles. The van der Waals surface area contributed by atoms with Gasteiger partial charge in [-0.3, -0.25) is 4.79 Å². The zero-order chi connectivity index (χ0) is 21.4. The molecule has 0 N–H and O–H groups in total. The molecule has 30 heavy (non-hydrogen) atoms. The van der Waals surface area contributed by atoms with Gasteiger partial charge in [0, 0.05) is 15.6 Å². The molecule has 1 aromatic heterocycles. The van der Waals surface area contributed by atoms with Gasteiger partial charge in [-0.05, 0) is 67.6 Å². The van der Waals surface area contributed by atoms with E-state index in [0.717, 1.165) is 32.5 Å². The Bertz CT molecular complexity index is 1210. The van der Waals surface area contributed by atoms with Crippen molar-refractivity contribution in [2.24, 2.45) is 0 Å². The minimum atomic E-state index is 0.0278. The quantitative estimate of drug-likeness (QED) is 0.309. The molecule has 0 radical (unpaired) electrons. The summed E-state index contributed by atoms with van der Waals surface area (Å²) in [7, 11) is 0. The molecule has 0 saturated heterocycles. The fourth-order valence-electron chi connectivity index (χ4n) is 3.96. The van der Waals surface area contributed by atoms with Crippen LogP contribution < -0.4 is 4.74 Å². The molecule has 0 amide bonds. The zero-order valence-corrected chi connectivity index (χ0v) is 18.9. The van der Waals surface area contributed by atoms with Crippen LogP contribution in [0.25, 0.3) is 10.1 Å². The molecule has 0 saturated carbocycles. The van der Waals surface area contributed by atoms with E-state index in [1.165, 1.54) is 22.5 Å². The predicted molar refractivity (Wildman–Crippen MR) is 127 cm³/mol. The van der Waals surface area contributed by atoms with Crippen LogP contribution in [-0.4, -0.2) is 5.78 Å². The third-order valence-electron chi connectivity index (χ3n) is 5.43. The van der Waals surface area contributed by atoms with Gasteiger partial charge in [-0.15, -0.1) is 11.3 Å². The molecular formula is C27H26O2S. The predicted octanol–water partition coefficient (Wildman–Crippen LogP) is 7.97. The van der Waals surface area contributed by atoms with Crippen molar-refractivity contribution in [1.82, 2.24) is 0 Å². The Morgan fingerprint density at radius 3 is 2.17 bits per heavy atom. The molecule has 3 heteroatoms. The number of thiophene rings is 1. The zero-order valence-electron chi connectivity index (χ0n) is 18.1. The van der Waals surface area contributed by atoms with Crippen LogP contribution in [0.3, 0.4) is 0 Å². The first-order valence-electron chi connectivity index (χ1n) is 10.3. The number of hydrogen-bond acceptors (Lipinski definition) is 3. The number of rotatable bonds is 5. The van der Waals surface area contributed by atoms with E-state index in [-0.39, 0.29) is 5.78 Å². The SMILES string of the molecule is Cc1cc(C)c(C(=O)c2sc3ccccc3c2Oc2ccc(C(C)C)cc2)c(C)c1. The van der Waals surface area contributed by atoms with E-state index in [9.17, 15) is 4.79 Å². The van der Waals surface area contributed by atoms with Crippen molar-refractivity contribution in [3.05, 3.63) is 93.4 Å². The highest BCUT2D eigenvalue weighted by Gasteiger charge is 2.24. The molecule has 0 aliphatic heterocycles. The van der Waals surface area contributed by atoms with Crippen molar-refractivity contribution >= 4 is 27.2 Å². The average molecular weight is 415 g/mol. The highest BCUT2D eigenvalue weighted by molar-refractivity contribution is 7.21. The van der Waals surface area contributed by atoms with Crippen LogP contribution in [-0.2, 0) is 0 Å². The van der Waals surface area contributed by atoms with Gasteiger partial charge < -0.3 is 4.74 Å². The lowest BCUT2D eigenvalue weighted by Gasteiger charge is -2.12. The Labute approximate surface area is 182 Å². The minimum absolute atomic E-state index is 0.0278. The summed E-state index contributed by atoms with van der Waals surface area (Å²) in [6.45, 7) is 10.4. The van der Waals surface area contributed by atoms with Crippen molar-refractivity contribution in [1.29, 1.82) is 0 Å². The summed E-state index contributed by atoms with van der Waals surface area (Å²) in [6, 6.07) is 20.3.